The quantitative estimate of drug-likeness (QED) is 0.159. The largest absolute Gasteiger partial charge is 0.488 e. The average molecular weight is 585 g/mol. The van der Waals surface area contributed by atoms with Gasteiger partial charge in [0.1, 0.15) is 12.4 Å². The number of hydrogen-bond donors (Lipinski definition) is 1. The van der Waals surface area contributed by atoms with Gasteiger partial charge >= 0.3 is 0 Å². The summed E-state index contributed by atoms with van der Waals surface area (Å²) in [5, 5.41) is 6.28. The normalized spacial score (nSPS) is 11.0. The lowest BCUT2D eigenvalue weighted by molar-refractivity contribution is 0.0954. The van der Waals surface area contributed by atoms with Crippen LogP contribution in [0.25, 0.3) is 10.8 Å². The molecule has 0 aromatic heterocycles. The topological polar surface area (TPSA) is 50.7 Å². The van der Waals surface area contributed by atoms with E-state index in [-0.39, 0.29) is 5.91 Å². The van der Waals surface area contributed by atoms with E-state index in [0.717, 1.165) is 26.4 Å². The fourth-order valence-corrected chi connectivity index (χ4v) is 3.96. The van der Waals surface area contributed by atoms with E-state index < -0.39 is 0 Å². The number of hydrazone groups is 1. The number of halogens is 2. The van der Waals surface area contributed by atoms with Gasteiger partial charge in [-0.05, 0) is 85.2 Å². The van der Waals surface area contributed by atoms with Crippen LogP contribution in [0.2, 0.25) is 0 Å². The Morgan fingerprint density at radius 1 is 0.968 bits per heavy atom. The lowest BCUT2D eigenvalue weighted by Crippen LogP contribution is -2.18. The first-order valence-corrected chi connectivity index (χ1v) is 11.5. The number of fused-ring (bicyclic) bond motifs is 1. The molecule has 4 rings (SSSR count). The molecule has 0 atom stereocenters. The minimum atomic E-state index is -0.287. The van der Waals surface area contributed by atoms with E-state index in [1.165, 1.54) is 3.57 Å². The van der Waals surface area contributed by atoms with E-state index in [2.05, 4.69) is 73.3 Å². The van der Waals surface area contributed by atoms with E-state index in [0.29, 0.717) is 17.9 Å². The predicted molar refractivity (Wildman–Crippen MR) is 137 cm³/mol. The molecule has 1 amide bonds. The maximum atomic E-state index is 12.5. The first-order valence-electron chi connectivity index (χ1n) is 9.59. The lowest BCUT2D eigenvalue weighted by atomic mass is 10.0. The van der Waals surface area contributed by atoms with E-state index >= 15 is 0 Å². The van der Waals surface area contributed by atoms with Crippen molar-refractivity contribution in [3.8, 4) is 5.75 Å². The predicted octanol–water partition coefficient (Wildman–Crippen LogP) is 6.55. The minimum absolute atomic E-state index is 0.287. The Morgan fingerprint density at radius 2 is 1.71 bits per heavy atom. The highest BCUT2D eigenvalue weighted by Gasteiger charge is 2.10. The molecule has 4 aromatic rings. The summed E-state index contributed by atoms with van der Waals surface area (Å²) < 4.78 is 8.02. The molecule has 1 N–H and O–H groups in total. The Hall–Kier alpha value is -2.71. The summed E-state index contributed by atoms with van der Waals surface area (Å²) in [6.45, 7) is 0.444. The van der Waals surface area contributed by atoms with Crippen LogP contribution in [0.1, 0.15) is 21.5 Å². The summed E-state index contributed by atoms with van der Waals surface area (Å²) in [5.41, 5.74) is 5.02. The summed E-state index contributed by atoms with van der Waals surface area (Å²) in [5.74, 6) is 0.418. The van der Waals surface area contributed by atoms with E-state index in [9.17, 15) is 4.79 Å². The molecule has 0 saturated carbocycles. The second kappa shape index (κ2) is 10.1. The van der Waals surface area contributed by atoms with Gasteiger partial charge in [-0.2, -0.15) is 5.10 Å². The zero-order chi connectivity index (χ0) is 21.6. The maximum Gasteiger partial charge on any atom is 0.272 e. The number of hydrogen-bond acceptors (Lipinski definition) is 3. The fraction of sp³-hybridized carbons (Fsp3) is 0.0400. The van der Waals surface area contributed by atoms with Gasteiger partial charge < -0.3 is 4.74 Å². The second-order valence-corrected chi connectivity index (χ2v) is 8.89. The van der Waals surface area contributed by atoms with Gasteiger partial charge in [-0.25, -0.2) is 5.43 Å². The first-order chi connectivity index (χ1) is 15.1. The standard InChI is InChI=1S/C25H18BrIN2O2/c26-23-8-4-3-7-21(23)25(30)29-28-15-22-20-6-2-1-5-18(20)11-14-24(22)31-16-17-9-12-19(27)13-10-17/h1-15H,16H2,(H,29,30)/b28-15+. The van der Waals surface area contributed by atoms with Crippen molar-refractivity contribution in [1.29, 1.82) is 0 Å². The van der Waals surface area contributed by atoms with E-state index in [1.807, 2.05) is 54.6 Å². The van der Waals surface area contributed by atoms with Gasteiger partial charge in [0.2, 0.25) is 0 Å². The molecule has 0 bridgehead atoms. The molecule has 0 unspecified atom stereocenters. The van der Waals surface area contributed by atoms with Gasteiger partial charge in [0.25, 0.3) is 5.91 Å². The van der Waals surface area contributed by atoms with Crippen LogP contribution in [-0.2, 0) is 6.61 Å². The highest BCUT2D eigenvalue weighted by molar-refractivity contribution is 14.1. The molecule has 0 spiro atoms. The highest BCUT2D eigenvalue weighted by atomic mass is 127. The summed E-state index contributed by atoms with van der Waals surface area (Å²) in [7, 11) is 0. The van der Waals surface area contributed by atoms with Gasteiger partial charge in [0.15, 0.2) is 0 Å². The minimum Gasteiger partial charge on any atom is -0.488 e. The van der Waals surface area contributed by atoms with Crippen LogP contribution in [-0.4, -0.2) is 12.1 Å². The number of nitrogens with zero attached hydrogens (tertiary/aromatic N) is 1. The van der Waals surface area contributed by atoms with Crippen LogP contribution >= 0.6 is 38.5 Å². The second-order valence-electron chi connectivity index (χ2n) is 6.79. The smallest absolute Gasteiger partial charge is 0.272 e. The van der Waals surface area contributed by atoms with Crippen LogP contribution < -0.4 is 10.2 Å². The van der Waals surface area contributed by atoms with Crippen molar-refractivity contribution in [2.45, 2.75) is 6.61 Å². The summed E-state index contributed by atoms with van der Waals surface area (Å²) in [6.07, 6.45) is 1.64. The molecule has 0 heterocycles. The Balaban J connectivity index is 1.59. The number of carbonyl (C=O) groups excluding carboxylic acids is 1. The molecule has 0 saturated heterocycles. The number of ether oxygens (including phenoxy) is 1. The molecule has 0 aliphatic carbocycles. The molecule has 0 radical (unpaired) electrons. The van der Waals surface area contributed by atoms with Gasteiger partial charge in [-0.1, -0.05) is 54.6 Å². The number of nitrogens with one attached hydrogen (secondary N) is 1. The van der Waals surface area contributed by atoms with Crippen molar-refractivity contribution in [3.05, 3.63) is 110 Å². The summed E-state index contributed by atoms with van der Waals surface area (Å²) in [4.78, 5) is 12.5. The monoisotopic (exact) mass is 584 g/mol. The highest BCUT2D eigenvalue weighted by Crippen LogP contribution is 2.27. The molecular formula is C25H18BrIN2O2. The number of carbonyl (C=O) groups is 1. The van der Waals surface area contributed by atoms with Crippen molar-refractivity contribution in [3.63, 3.8) is 0 Å². The van der Waals surface area contributed by atoms with Gasteiger partial charge in [0.05, 0.1) is 11.8 Å². The SMILES string of the molecule is O=C(N/N=C/c1c(OCc2ccc(I)cc2)ccc2ccccc12)c1ccccc1Br. The fourth-order valence-electron chi connectivity index (χ4n) is 3.14. The Labute approximate surface area is 202 Å². The van der Waals surface area contributed by atoms with Crippen LogP contribution in [0.5, 0.6) is 5.75 Å². The van der Waals surface area contributed by atoms with E-state index in [4.69, 9.17) is 4.74 Å². The van der Waals surface area contributed by atoms with Crippen LogP contribution in [0.15, 0.2) is 94.5 Å². The van der Waals surface area contributed by atoms with Crippen molar-refractivity contribution in [2.24, 2.45) is 5.10 Å². The summed E-state index contributed by atoms with van der Waals surface area (Å²) in [6, 6.07) is 27.4. The number of benzene rings is 4. The van der Waals surface area contributed by atoms with Crippen molar-refractivity contribution < 1.29 is 9.53 Å². The molecule has 0 aliphatic rings. The average Bonchev–Trinajstić information content (AvgIpc) is 2.79. The molecule has 0 aliphatic heterocycles. The van der Waals surface area contributed by atoms with Crippen LogP contribution in [0.3, 0.4) is 0 Å². The summed E-state index contributed by atoms with van der Waals surface area (Å²) >= 11 is 5.67. The molecule has 154 valence electrons. The Bertz CT molecular complexity index is 1260. The first kappa shape index (κ1) is 21.5. The van der Waals surface area contributed by atoms with Gasteiger partial charge in [0, 0.05) is 13.6 Å². The third kappa shape index (κ3) is 5.32. The van der Waals surface area contributed by atoms with E-state index in [1.54, 1.807) is 12.3 Å². The number of amides is 1. The maximum absolute atomic E-state index is 12.5. The molecule has 4 aromatic carbocycles. The third-order valence-corrected chi connectivity index (χ3v) is 6.13. The van der Waals surface area contributed by atoms with Crippen molar-refractivity contribution >= 4 is 61.4 Å². The lowest BCUT2D eigenvalue weighted by Gasteiger charge is -2.12. The zero-order valence-electron chi connectivity index (χ0n) is 16.4. The van der Waals surface area contributed by atoms with Crippen LogP contribution in [0, 0.1) is 3.57 Å². The number of rotatable bonds is 6. The molecule has 31 heavy (non-hydrogen) atoms. The molecular weight excluding hydrogens is 567 g/mol. The third-order valence-electron chi connectivity index (χ3n) is 4.72. The zero-order valence-corrected chi connectivity index (χ0v) is 20.1. The van der Waals surface area contributed by atoms with Gasteiger partial charge in [-0.3, -0.25) is 4.79 Å². The van der Waals surface area contributed by atoms with Crippen LogP contribution in [0.4, 0.5) is 0 Å². The van der Waals surface area contributed by atoms with Gasteiger partial charge in [-0.15, -0.1) is 0 Å². The van der Waals surface area contributed by atoms with Crippen molar-refractivity contribution in [2.75, 3.05) is 0 Å². The van der Waals surface area contributed by atoms with Crippen molar-refractivity contribution in [1.82, 2.24) is 5.43 Å². The Morgan fingerprint density at radius 3 is 2.52 bits per heavy atom. The molecule has 6 heteroatoms. The molecule has 0 fully saturated rings. The Kier molecular flexibility index (Phi) is 6.99. The molecule has 4 nitrogen and oxygen atoms in total.